The first kappa shape index (κ1) is 23.0. The molecule has 0 saturated heterocycles. The number of aromatic nitrogens is 1. The second-order valence-corrected chi connectivity index (χ2v) is 8.55. The number of nitrogens with zero attached hydrogens (tertiary/aromatic N) is 3. The van der Waals surface area contributed by atoms with Gasteiger partial charge in [0.05, 0.1) is 15.7 Å². The number of aryl methyl sites for hydroxylation is 1. The molecule has 3 rings (SSSR count). The summed E-state index contributed by atoms with van der Waals surface area (Å²) in [5.74, 6) is 0.975. The highest BCUT2D eigenvalue weighted by Crippen LogP contribution is 2.42. The van der Waals surface area contributed by atoms with Gasteiger partial charge in [0.1, 0.15) is 34.7 Å². The Labute approximate surface area is 194 Å². The van der Waals surface area contributed by atoms with E-state index in [0.717, 1.165) is 28.6 Å². The first-order valence-corrected chi connectivity index (χ1v) is 10.9. The van der Waals surface area contributed by atoms with Crippen LogP contribution in [0.4, 0.5) is 10.1 Å². The maximum absolute atomic E-state index is 13.4. The van der Waals surface area contributed by atoms with Crippen molar-refractivity contribution in [3.63, 3.8) is 0 Å². The van der Waals surface area contributed by atoms with Gasteiger partial charge in [0.25, 0.3) is 0 Å². The summed E-state index contributed by atoms with van der Waals surface area (Å²) in [5, 5.41) is 13.6. The van der Waals surface area contributed by atoms with Crippen LogP contribution in [0.25, 0.3) is 11.3 Å². The average molecular weight is 477 g/mol. The van der Waals surface area contributed by atoms with Gasteiger partial charge in [0.15, 0.2) is 0 Å². The number of benzene rings is 2. The van der Waals surface area contributed by atoms with Crippen LogP contribution in [0.15, 0.2) is 35.3 Å². The Kier molecular flexibility index (Phi) is 7.16. The number of hydrogen-bond acceptors (Lipinski definition) is 5. The Morgan fingerprint density at radius 2 is 2.00 bits per heavy atom. The van der Waals surface area contributed by atoms with Gasteiger partial charge in [-0.15, -0.1) is 0 Å². The van der Waals surface area contributed by atoms with Crippen molar-refractivity contribution in [1.29, 1.82) is 5.26 Å². The standard InChI is InChI=1S/C22H19Cl2FN4OS/c1-11(2)21(27-4)28-18-9-17(24)19(7-12(18)3)30-22-15(10-26)20(29-31-22)14-6-5-13(25)8-16(14)23/h5-9,11H,1-4H3,(H,27,28). The van der Waals surface area contributed by atoms with E-state index in [0.29, 0.717) is 22.0 Å². The number of ether oxygens (including phenoxy) is 1. The lowest BCUT2D eigenvalue weighted by Gasteiger charge is -2.12. The summed E-state index contributed by atoms with van der Waals surface area (Å²) in [7, 11) is 1.82. The Bertz CT molecular complexity index is 1200. The molecule has 3 aromatic rings. The van der Waals surface area contributed by atoms with Crippen molar-refractivity contribution >= 4 is 46.3 Å². The number of aliphatic imine (C=N–C) groups is 1. The average Bonchev–Trinajstić information content (AvgIpc) is 3.11. The minimum absolute atomic E-state index is 0.162. The summed E-state index contributed by atoms with van der Waals surface area (Å²) in [6.07, 6.45) is 0. The molecule has 0 aliphatic rings. The molecule has 0 radical (unpaired) electrons. The molecule has 1 aromatic heterocycles. The lowest BCUT2D eigenvalue weighted by Crippen LogP contribution is -2.23. The number of rotatable bonds is 5. The molecule has 0 aliphatic carbocycles. The molecule has 160 valence electrons. The molecule has 0 bridgehead atoms. The zero-order valence-electron chi connectivity index (χ0n) is 17.3. The fraction of sp³-hybridized carbons (Fsp3) is 0.227. The predicted octanol–water partition coefficient (Wildman–Crippen LogP) is 7.13. The van der Waals surface area contributed by atoms with Crippen molar-refractivity contribution in [2.24, 2.45) is 10.9 Å². The Hall–Kier alpha value is -2.66. The predicted molar refractivity (Wildman–Crippen MR) is 124 cm³/mol. The van der Waals surface area contributed by atoms with E-state index in [1.807, 2.05) is 27.8 Å². The van der Waals surface area contributed by atoms with Crippen molar-refractivity contribution in [2.75, 3.05) is 7.05 Å². The summed E-state index contributed by atoms with van der Waals surface area (Å²) >= 11 is 13.6. The summed E-state index contributed by atoms with van der Waals surface area (Å²) in [6, 6.07) is 9.50. The van der Waals surface area contributed by atoms with Crippen molar-refractivity contribution in [3.05, 3.63) is 57.3 Å². The first-order chi connectivity index (χ1) is 14.7. The lowest BCUT2D eigenvalue weighted by molar-refractivity contribution is 0.495. The van der Waals surface area contributed by atoms with Crippen molar-refractivity contribution in [2.45, 2.75) is 20.8 Å². The molecule has 0 aliphatic heterocycles. The van der Waals surface area contributed by atoms with E-state index in [-0.39, 0.29) is 21.6 Å². The third-order valence-corrected chi connectivity index (χ3v) is 5.79. The van der Waals surface area contributed by atoms with E-state index in [1.54, 1.807) is 12.1 Å². The maximum atomic E-state index is 13.4. The van der Waals surface area contributed by atoms with Crippen LogP contribution < -0.4 is 10.1 Å². The van der Waals surface area contributed by atoms with Gasteiger partial charge in [-0.05, 0) is 42.8 Å². The van der Waals surface area contributed by atoms with Crippen molar-refractivity contribution in [3.8, 4) is 28.1 Å². The fourth-order valence-electron chi connectivity index (χ4n) is 2.86. The van der Waals surface area contributed by atoms with E-state index < -0.39 is 5.82 Å². The molecule has 9 heteroatoms. The van der Waals surface area contributed by atoms with Crippen molar-refractivity contribution in [1.82, 2.24) is 9.69 Å². The van der Waals surface area contributed by atoms with Gasteiger partial charge in [-0.3, -0.25) is 0 Å². The molecule has 0 atom stereocenters. The first-order valence-electron chi connectivity index (χ1n) is 9.34. The highest BCUT2D eigenvalue weighted by molar-refractivity contribution is 7.08. The molecule has 31 heavy (non-hydrogen) atoms. The number of halogens is 3. The van der Waals surface area contributed by atoms with Gasteiger partial charge in [-0.25, -0.2) is 9.38 Å². The molecule has 1 heterocycles. The van der Waals surface area contributed by atoms with Crippen LogP contribution in [0.3, 0.4) is 0 Å². The van der Waals surface area contributed by atoms with Gasteiger partial charge >= 0.3 is 0 Å². The van der Waals surface area contributed by atoms with Gasteiger partial charge in [-0.2, -0.15) is 9.64 Å². The summed E-state index contributed by atoms with van der Waals surface area (Å²) in [6.45, 7) is 5.99. The number of nitrogens with one attached hydrogen (secondary N) is 1. The molecule has 1 N–H and O–H groups in total. The molecule has 0 fully saturated rings. The molecule has 2 aromatic carbocycles. The zero-order valence-corrected chi connectivity index (χ0v) is 19.6. The molecule has 0 saturated carbocycles. The summed E-state index contributed by atoms with van der Waals surface area (Å²) < 4.78 is 23.6. The summed E-state index contributed by atoms with van der Waals surface area (Å²) in [5.41, 5.74) is 2.56. The monoisotopic (exact) mass is 476 g/mol. The minimum atomic E-state index is -0.470. The Morgan fingerprint density at radius 1 is 1.26 bits per heavy atom. The van der Waals surface area contributed by atoms with Crippen LogP contribution in [0.1, 0.15) is 25.0 Å². The van der Waals surface area contributed by atoms with E-state index >= 15 is 0 Å². The Balaban J connectivity index is 1.98. The van der Waals surface area contributed by atoms with Crippen LogP contribution in [0.5, 0.6) is 10.8 Å². The lowest BCUT2D eigenvalue weighted by atomic mass is 10.1. The zero-order chi connectivity index (χ0) is 22.7. The highest BCUT2D eigenvalue weighted by atomic mass is 35.5. The van der Waals surface area contributed by atoms with Crippen LogP contribution in [-0.2, 0) is 0 Å². The van der Waals surface area contributed by atoms with Gasteiger partial charge in [-0.1, -0.05) is 37.0 Å². The van der Waals surface area contributed by atoms with E-state index in [9.17, 15) is 9.65 Å². The van der Waals surface area contributed by atoms with Crippen LogP contribution in [0.2, 0.25) is 10.0 Å². The quantitative estimate of drug-likeness (QED) is 0.313. The van der Waals surface area contributed by atoms with E-state index in [1.165, 1.54) is 18.2 Å². The second kappa shape index (κ2) is 9.65. The number of amidine groups is 1. The normalized spacial score (nSPS) is 11.5. The highest BCUT2D eigenvalue weighted by Gasteiger charge is 2.21. The second-order valence-electron chi connectivity index (χ2n) is 7.00. The van der Waals surface area contributed by atoms with Crippen molar-refractivity contribution < 1.29 is 9.13 Å². The molecular weight excluding hydrogens is 458 g/mol. The maximum Gasteiger partial charge on any atom is 0.218 e. The third kappa shape index (κ3) is 4.99. The number of nitriles is 1. The smallest absolute Gasteiger partial charge is 0.218 e. The third-order valence-electron chi connectivity index (χ3n) is 4.46. The van der Waals surface area contributed by atoms with Crippen LogP contribution >= 0.6 is 34.7 Å². The molecule has 5 nitrogen and oxygen atoms in total. The van der Waals surface area contributed by atoms with E-state index in [4.69, 9.17) is 27.9 Å². The molecule has 0 amide bonds. The topological polar surface area (TPSA) is 70.3 Å². The fourth-order valence-corrected chi connectivity index (χ4v) is 4.03. The molecule has 0 unspecified atom stereocenters. The molecule has 0 spiro atoms. The van der Waals surface area contributed by atoms with E-state index in [2.05, 4.69) is 20.8 Å². The summed E-state index contributed by atoms with van der Waals surface area (Å²) in [4.78, 5) is 4.64. The van der Waals surface area contributed by atoms with Gasteiger partial charge in [0.2, 0.25) is 5.06 Å². The largest absolute Gasteiger partial charge is 0.442 e. The van der Waals surface area contributed by atoms with Gasteiger partial charge in [0, 0.05) is 30.1 Å². The van der Waals surface area contributed by atoms with Crippen LogP contribution in [0, 0.1) is 30.0 Å². The Morgan fingerprint density at radius 3 is 2.61 bits per heavy atom. The van der Waals surface area contributed by atoms with Crippen LogP contribution in [-0.4, -0.2) is 17.3 Å². The number of hydrogen-bond donors (Lipinski definition) is 1. The minimum Gasteiger partial charge on any atom is -0.442 e. The molecular formula is C22H19Cl2FN4OS. The van der Waals surface area contributed by atoms with Gasteiger partial charge < -0.3 is 10.1 Å². The SMILES string of the molecule is CNC(=Nc1cc(Cl)c(Oc2snc(-c3ccc(F)cc3Cl)c2C#N)cc1C)C(C)C.